The van der Waals surface area contributed by atoms with Gasteiger partial charge in [0.15, 0.2) is 0 Å². The van der Waals surface area contributed by atoms with Gasteiger partial charge in [-0.05, 0) is 12.8 Å². The van der Waals surface area contributed by atoms with Gasteiger partial charge in [-0.25, -0.2) is 4.98 Å². The van der Waals surface area contributed by atoms with Crippen LogP contribution in [-0.2, 0) is 4.74 Å². The Hall–Kier alpha value is -0.870. The molecule has 0 amide bonds. The number of halogens is 1. The fourth-order valence-electron chi connectivity index (χ4n) is 1.41. The number of nitrogens with zero attached hydrogens (tertiary/aromatic N) is 2. The van der Waals surface area contributed by atoms with Gasteiger partial charge in [0.1, 0.15) is 11.0 Å². The van der Waals surface area contributed by atoms with Crippen LogP contribution in [0.5, 0.6) is 0 Å². The van der Waals surface area contributed by atoms with E-state index < -0.39 is 0 Å². The molecule has 1 aliphatic rings. The molecule has 0 saturated heterocycles. The second-order valence-corrected chi connectivity index (χ2v) is 3.95. The predicted octanol–water partition coefficient (Wildman–Crippen LogP) is 1.72. The normalized spacial score (nSPS) is 17.9. The van der Waals surface area contributed by atoms with E-state index in [-0.39, 0.29) is 5.54 Å². The lowest BCUT2D eigenvalue weighted by molar-refractivity contribution is 0.179. The highest BCUT2D eigenvalue weighted by atomic mass is 35.5. The van der Waals surface area contributed by atoms with E-state index in [9.17, 15) is 0 Å². The smallest absolute Gasteiger partial charge is 0.149 e. The lowest BCUT2D eigenvalue weighted by atomic mass is 10.3. The minimum Gasteiger partial charge on any atom is -0.382 e. The minimum absolute atomic E-state index is 0.0636. The summed E-state index contributed by atoms with van der Waals surface area (Å²) < 4.78 is 5.13. The zero-order valence-corrected chi connectivity index (χ0v) is 8.71. The SMILES string of the molecule is COCC1(Nc2cncc(Cl)n2)CC1. The van der Waals surface area contributed by atoms with Crippen LogP contribution in [0, 0.1) is 0 Å². The van der Waals surface area contributed by atoms with E-state index in [4.69, 9.17) is 16.3 Å². The van der Waals surface area contributed by atoms with Gasteiger partial charge in [0.25, 0.3) is 0 Å². The highest BCUT2D eigenvalue weighted by Crippen LogP contribution is 2.38. The van der Waals surface area contributed by atoms with Crippen LogP contribution in [0.15, 0.2) is 12.4 Å². The first-order valence-electron chi connectivity index (χ1n) is 4.49. The van der Waals surface area contributed by atoms with Gasteiger partial charge in [0.05, 0.1) is 24.5 Å². The van der Waals surface area contributed by atoms with Gasteiger partial charge in [0, 0.05) is 7.11 Å². The van der Waals surface area contributed by atoms with Crippen LogP contribution < -0.4 is 5.32 Å². The Labute approximate surface area is 87.7 Å². The second-order valence-electron chi connectivity index (χ2n) is 3.57. The zero-order chi connectivity index (χ0) is 10.0. The molecule has 4 nitrogen and oxygen atoms in total. The van der Waals surface area contributed by atoms with Gasteiger partial charge in [0.2, 0.25) is 0 Å². The third kappa shape index (κ3) is 2.13. The maximum Gasteiger partial charge on any atom is 0.149 e. The van der Waals surface area contributed by atoms with Gasteiger partial charge in [-0.1, -0.05) is 11.6 Å². The zero-order valence-electron chi connectivity index (χ0n) is 7.96. The monoisotopic (exact) mass is 213 g/mol. The number of rotatable bonds is 4. The number of anilines is 1. The number of methoxy groups -OCH3 is 1. The van der Waals surface area contributed by atoms with Crippen molar-refractivity contribution in [2.45, 2.75) is 18.4 Å². The van der Waals surface area contributed by atoms with E-state index in [2.05, 4.69) is 15.3 Å². The van der Waals surface area contributed by atoms with Crippen molar-refractivity contribution < 1.29 is 4.74 Å². The van der Waals surface area contributed by atoms with Crippen molar-refractivity contribution in [3.63, 3.8) is 0 Å². The first-order chi connectivity index (χ1) is 6.74. The van der Waals surface area contributed by atoms with Gasteiger partial charge < -0.3 is 10.1 Å². The van der Waals surface area contributed by atoms with E-state index in [0.717, 1.165) is 12.8 Å². The molecule has 76 valence electrons. The average Bonchev–Trinajstić information content (AvgIpc) is 2.85. The molecule has 1 fully saturated rings. The third-order valence-corrected chi connectivity index (χ3v) is 2.45. The van der Waals surface area contributed by atoms with Crippen LogP contribution in [0.1, 0.15) is 12.8 Å². The molecule has 1 aromatic rings. The molecular weight excluding hydrogens is 202 g/mol. The number of nitrogens with one attached hydrogen (secondary N) is 1. The van der Waals surface area contributed by atoms with Crippen molar-refractivity contribution in [2.24, 2.45) is 0 Å². The summed E-state index contributed by atoms with van der Waals surface area (Å²) in [6.07, 6.45) is 5.40. The van der Waals surface area contributed by atoms with Crippen LogP contribution in [-0.4, -0.2) is 29.2 Å². The summed E-state index contributed by atoms with van der Waals surface area (Å²) in [5.41, 5.74) is 0.0636. The Balaban J connectivity index is 2.03. The molecule has 1 saturated carbocycles. The standard InChI is InChI=1S/C9H12ClN3O/c1-14-6-9(2-3-9)13-8-5-11-4-7(10)12-8/h4-5H,2-3,6H2,1H3,(H,12,13). The summed E-state index contributed by atoms with van der Waals surface area (Å²) in [7, 11) is 1.70. The van der Waals surface area contributed by atoms with E-state index >= 15 is 0 Å². The molecule has 2 rings (SSSR count). The molecule has 1 heterocycles. The first kappa shape index (κ1) is 9.68. The van der Waals surface area contributed by atoms with E-state index in [1.807, 2.05) is 0 Å². The Morgan fingerprint density at radius 2 is 2.36 bits per heavy atom. The molecule has 0 bridgehead atoms. The molecule has 14 heavy (non-hydrogen) atoms. The minimum atomic E-state index is 0.0636. The fraction of sp³-hybridized carbons (Fsp3) is 0.556. The molecule has 0 unspecified atom stereocenters. The second kappa shape index (κ2) is 3.71. The Kier molecular flexibility index (Phi) is 2.56. The summed E-state index contributed by atoms with van der Waals surface area (Å²) in [5, 5.41) is 3.69. The van der Waals surface area contributed by atoms with Crippen molar-refractivity contribution >= 4 is 17.4 Å². The summed E-state index contributed by atoms with van der Waals surface area (Å²) in [4.78, 5) is 8.08. The van der Waals surface area contributed by atoms with Gasteiger partial charge in [-0.3, -0.25) is 4.98 Å². The van der Waals surface area contributed by atoms with Crippen molar-refractivity contribution in [1.29, 1.82) is 0 Å². The maximum absolute atomic E-state index is 5.73. The molecule has 1 aliphatic carbocycles. The quantitative estimate of drug-likeness (QED) is 0.828. The highest BCUT2D eigenvalue weighted by molar-refractivity contribution is 6.29. The number of hydrogen-bond donors (Lipinski definition) is 1. The molecule has 0 aliphatic heterocycles. The molecular formula is C9H12ClN3O. The Morgan fingerprint density at radius 3 is 2.93 bits per heavy atom. The molecule has 1 N–H and O–H groups in total. The summed E-state index contributed by atoms with van der Waals surface area (Å²) in [6.45, 7) is 0.696. The molecule has 1 aromatic heterocycles. The van der Waals surface area contributed by atoms with E-state index in [1.54, 1.807) is 13.3 Å². The fourth-order valence-corrected chi connectivity index (χ4v) is 1.55. The van der Waals surface area contributed by atoms with Crippen LogP contribution in [0.3, 0.4) is 0 Å². The highest BCUT2D eigenvalue weighted by Gasteiger charge is 2.43. The van der Waals surface area contributed by atoms with Crippen LogP contribution >= 0.6 is 11.6 Å². The molecule has 5 heteroatoms. The van der Waals surface area contributed by atoms with E-state index in [0.29, 0.717) is 17.6 Å². The number of ether oxygens (including phenoxy) is 1. The Bertz CT molecular complexity index is 328. The van der Waals surface area contributed by atoms with Crippen molar-refractivity contribution in [1.82, 2.24) is 9.97 Å². The van der Waals surface area contributed by atoms with Gasteiger partial charge in [-0.15, -0.1) is 0 Å². The van der Waals surface area contributed by atoms with Crippen molar-refractivity contribution in [2.75, 3.05) is 19.0 Å². The first-order valence-corrected chi connectivity index (χ1v) is 4.87. The topological polar surface area (TPSA) is 47.0 Å². The molecule has 0 radical (unpaired) electrons. The maximum atomic E-state index is 5.73. The average molecular weight is 214 g/mol. The largest absolute Gasteiger partial charge is 0.382 e. The lowest BCUT2D eigenvalue weighted by Crippen LogP contribution is -2.27. The Morgan fingerprint density at radius 1 is 1.57 bits per heavy atom. The van der Waals surface area contributed by atoms with Crippen molar-refractivity contribution in [3.8, 4) is 0 Å². The summed E-state index contributed by atoms with van der Waals surface area (Å²) >= 11 is 5.73. The molecule has 0 atom stereocenters. The van der Waals surface area contributed by atoms with E-state index in [1.165, 1.54) is 6.20 Å². The molecule has 0 spiro atoms. The van der Waals surface area contributed by atoms with Gasteiger partial charge >= 0.3 is 0 Å². The number of hydrogen-bond acceptors (Lipinski definition) is 4. The predicted molar refractivity (Wildman–Crippen MR) is 54.5 cm³/mol. The molecule has 0 aromatic carbocycles. The summed E-state index contributed by atoms with van der Waals surface area (Å²) in [6, 6.07) is 0. The third-order valence-electron chi connectivity index (χ3n) is 2.27. The van der Waals surface area contributed by atoms with Crippen LogP contribution in [0.25, 0.3) is 0 Å². The number of aromatic nitrogens is 2. The van der Waals surface area contributed by atoms with Crippen LogP contribution in [0.2, 0.25) is 5.15 Å². The lowest BCUT2D eigenvalue weighted by Gasteiger charge is -2.16. The van der Waals surface area contributed by atoms with Gasteiger partial charge in [-0.2, -0.15) is 0 Å². The van der Waals surface area contributed by atoms with Crippen LogP contribution in [0.4, 0.5) is 5.82 Å². The summed E-state index contributed by atoms with van der Waals surface area (Å²) in [5.74, 6) is 0.715. The van der Waals surface area contributed by atoms with Crippen molar-refractivity contribution in [3.05, 3.63) is 17.5 Å².